The van der Waals surface area contributed by atoms with Crippen LogP contribution in [0.4, 0.5) is 5.82 Å². The number of aryl methyl sites for hydroxylation is 2. The molecule has 0 aliphatic carbocycles. The molecule has 0 saturated carbocycles. The SMILES string of the molecule is CNC1CCN(c2cc(C)n(C)n2)C(C)C1C. The monoisotopic (exact) mass is 236 g/mol. The largest absolute Gasteiger partial charge is 0.352 e. The summed E-state index contributed by atoms with van der Waals surface area (Å²) in [6.45, 7) is 7.82. The lowest BCUT2D eigenvalue weighted by atomic mass is 9.87. The van der Waals surface area contributed by atoms with Crippen LogP contribution < -0.4 is 10.2 Å². The highest BCUT2D eigenvalue weighted by Crippen LogP contribution is 2.28. The molecule has 17 heavy (non-hydrogen) atoms. The molecule has 0 radical (unpaired) electrons. The van der Waals surface area contributed by atoms with Gasteiger partial charge in [0.25, 0.3) is 0 Å². The minimum atomic E-state index is 0.537. The Labute approximate surface area is 104 Å². The molecule has 1 fully saturated rings. The van der Waals surface area contributed by atoms with E-state index < -0.39 is 0 Å². The van der Waals surface area contributed by atoms with E-state index >= 15 is 0 Å². The summed E-state index contributed by atoms with van der Waals surface area (Å²) >= 11 is 0. The molecule has 0 aromatic carbocycles. The summed E-state index contributed by atoms with van der Waals surface area (Å²) in [5.41, 5.74) is 1.22. The first-order valence-electron chi connectivity index (χ1n) is 6.49. The molecule has 1 aliphatic rings. The van der Waals surface area contributed by atoms with Gasteiger partial charge in [-0.2, -0.15) is 5.10 Å². The molecule has 1 aromatic rings. The number of nitrogens with one attached hydrogen (secondary N) is 1. The molecular weight excluding hydrogens is 212 g/mol. The highest BCUT2D eigenvalue weighted by Gasteiger charge is 2.32. The summed E-state index contributed by atoms with van der Waals surface area (Å²) in [6, 6.07) is 3.35. The number of aromatic nitrogens is 2. The van der Waals surface area contributed by atoms with E-state index in [1.807, 2.05) is 11.7 Å². The predicted octanol–water partition coefficient (Wildman–Crippen LogP) is 1.55. The Morgan fingerprint density at radius 1 is 1.41 bits per heavy atom. The van der Waals surface area contributed by atoms with Crippen LogP contribution in [0.2, 0.25) is 0 Å². The smallest absolute Gasteiger partial charge is 0.151 e. The third-order valence-electron chi connectivity index (χ3n) is 4.33. The number of anilines is 1. The van der Waals surface area contributed by atoms with E-state index in [4.69, 9.17) is 0 Å². The minimum Gasteiger partial charge on any atom is -0.352 e. The topological polar surface area (TPSA) is 33.1 Å². The molecule has 96 valence electrons. The van der Waals surface area contributed by atoms with Crippen LogP contribution in [0.1, 0.15) is 26.0 Å². The van der Waals surface area contributed by atoms with Gasteiger partial charge >= 0.3 is 0 Å². The molecule has 0 bridgehead atoms. The van der Waals surface area contributed by atoms with Gasteiger partial charge in [0, 0.05) is 37.4 Å². The first kappa shape index (κ1) is 12.4. The third kappa shape index (κ3) is 2.18. The average molecular weight is 236 g/mol. The van der Waals surface area contributed by atoms with E-state index in [-0.39, 0.29) is 0 Å². The molecule has 1 aromatic heterocycles. The molecule has 3 atom stereocenters. The summed E-state index contributed by atoms with van der Waals surface area (Å²) in [5, 5.41) is 8.01. The highest BCUT2D eigenvalue weighted by molar-refractivity contribution is 5.41. The first-order chi connectivity index (χ1) is 8.04. The van der Waals surface area contributed by atoms with E-state index in [1.165, 1.54) is 12.1 Å². The maximum absolute atomic E-state index is 4.59. The fourth-order valence-corrected chi connectivity index (χ4v) is 2.78. The molecule has 1 saturated heterocycles. The van der Waals surface area contributed by atoms with Crippen molar-refractivity contribution in [3.63, 3.8) is 0 Å². The van der Waals surface area contributed by atoms with Gasteiger partial charge in [-0.05, 0) is 33.2 Å². The van der Waals surface area contributed by atoms with Crippen molar-refractivity contribution in [1.29, 1.82) is 0 Å². The van der Waals surface area contributed by atoms with Crippen LogP contribution in [0.25, 0.3) is 0 Å². The summed E-state index contributed by atoms with van der Waals surface area (Å²) in [4.78, 5) is 2.44. The Bertz CT molecular complexity index is 365. The predicted molar refractivity (Wildman–Crippen MR) is 71.4 cm³/mol. The molecule has 2 rings (SSSR count). The quantitative estimate of drug-likeness (QED) is 0.846. The lowest BCUT2D eigenvalue weighted by Gasteiger charge is -2.42. The van der Waals surface area contributed by atoms with Crippen LogP contribution in [0.5, 0.6) is 0 Å². The van der Waals surface area contributed by atoms with E-state index in [2.05, 4.69) is 49.2 Å². The normalized spacial score (nSPS) is 29.7. The zero-order valence-corrected chi connectivity index (χ0v) is 11.6. The molecule has 2 heterocycles. The number of hydrogen-bond acceptors (Lipinski definition) is 3. The summed E-state index contributed by atoms with van der Waals surface area (Å²) in [7, 11) is 4.07. The molecule has 4 heteroatoms. The first-order valence-corrected chi connectivity index (χ1v) is 6.49. The lowest BCUT2D eigenvalue weighted by molar-refractivity contribution is 0.281. The van der Waals surface area contributed by atoms with Crippen molar-refractivity contribution in [2.75, 3.05) is 18.5 Å². The zero-order valence-electron chi connectivity index (χ0n) is 11.6. The van der Waals surface area contributed by atoms with Gasteiger partial charge < -0.3 is 10.2 Å². The maximum Gasteiger partial charge on any atom is 0.151 e. The van der Waals surface area contributed by atoms with Gasteiger partial charge in [-0.3, -0.25) is 4.68 Å². The van der Waals surface area contributed by atoms with Gasteiger partial charge in [0.05, 0.1) is 0 Å². The molecular formula is C13H24N4. The number of rotatable bonds is 2. The third-order valence-corrected chi connectivity index (χ3v) is 4.33. The fourth-order valence-electron chi connectivity index (χ4n) is 2.78. The van der Waals surface area contributed by atoms with E-state index in [0.29, 0.717) is 18.0 Å². The van der Waals surface area contributed by atoms with Gasteiger partial charge in [-0.1, -0.05) is 6.92 Å². The lowest BCUT2D eigenvalue weighted by Crippen LogP contribution is -2.53. The van der Waals surface area contributed by atoms with Crippen LogP contribution in [-0.4, -0.2) is 35.5 Å². The van der Waals surface area contributed by atoms with Gasteiger partial charge in [0.2, 0.25) is 0 Å². The zero-order chi connectivity index (χ0) is 12.6. The van der Waals surface area contributed by atoms with Gasteiger partial charge in [0.15, 0.2) is 5.82 Å². The van der Waals surface area contributed by atoms with Gasteiger partial charge in [0.1, 0.15) is 0 Å². The van der Waals surface area contributed by atoms with E-state index in [9.17, 15) is 0 Å². The second-order valence-electron chi connectivity index (χ2n) is 5.24. The Morgan fingerprint density at radius 3 is 2.65 bits per heavy atom. The Kier molecular flexibility index (Phi) is 3.43. The molecule has 0 amide bonds. The molecule has 1 aliphatic heterocycles. The highest BCUT2D eigenvalue weighted by atomic mass is 15.4. The Balaban J connectivity index is 2.18. The van der Waals surface area contributed by atoms with Crippen molar-refractivity contribution in [3.05, 3.63) is 11.8 Å². The molecule has 4 nitrogen and oxygen atoms in total. The van der Waals surface area contributed by atoms with E-state index in [1.54, 1.807) is 0 Å². The Hall–Kier alpha value is -1.03. The van der Waals surface area contributed by atoms with Crippen LogP contribution in [0.15, 0.2) is 6.07 Å². The second kappa shape index (κ2) is 4.69. The van der Waals surface area contributed by atoms with Crippen molar-refractivity contribution in [2.24, 2.45) is 13.0 Å². The maximum atomic E-state index is 4.59. The Morgan fingerprint density at radius 2 is 2.12 bits per heavy atom. The fraction of sp³-hybridized carbons (Fsp3) is 0.769. The summed E-state index contributed by atoms with van der Waals surface area (Å²) in [5.74, 6) is 1.77. The summed E-state index contributed by atoms with van der Waals surface area (Å²) in [6.07, 6.45) is 1.19. The van der Waals surface area contributed by atoms with Crippen LogP contribution in [0.3, 0.4) is 0 Å². The number of nitrogens with zero attached hydrogens (tertiary/aromatic N) is 3. The van der Waals surface area contributed by atoms with Crippen molar-refractivity contribution >= 4 is 5.82 Å². The van der Waals surface area contributed by atoms with Crippen molar-refractivity contribution in [1.82, 2.24) is 15.1 Å². The molecule has 1 N–H and O–H groups in total. The van der Waals surface area contributed by atoms with Crippen LogP contribution in [-0.2, 0) is 7.05 Å². The number of piperidine rings is 1. The number of hydrogen-bond donors (Lipinski definition) is 1. The standard InChI is InChI=1S/C13H24N4/c1-9-8-13(15-16(9)5)17-7-6-12(14-4)10(2)11(17)3/h8,10-12,14H,6-7H2,1-5H3. The van der Waals surface area contributed by atoms with Crippen molar-refractivity contribution in [2.45, 2.75) is 39.3 Å². The molecule has 0 spiro atoms. The second-order valence-corrected chi connectivity index (χ2v) is 5.24. The van der Waals surface area contributed by atoms with Gasteiger partial charge in [-0.15, -0.1) is 0 Å². The van der Waals surface area contributed by atoms with Crippen LogP contribution >= 0.6 is 0 Å². The van der Waals surface area contributed by atoms with Gasteiger partial charge in [-0.25, -0.2) is 0 Å². The summed E-state index contributed by atoms with van der Waals surface area (Å²) < 4.78 is 1.96. The molecule has 3 unspecified atom stereocenters. The van der Waals surface area contributed by atoms with Crippen molar-refractivity contribution in [3.8, 4) is 0 Å². The van der Waals surface area contributed by atoms with Crippen LogP contribution in [0, 0.1) is 12.8 Å². The average Bonchev–Trinajstić information content (AvgIpc) is 2.63. The van der Waals surface area contributed by atoms with E-state index in [0.717, 1.165) is 12.4 Å². The van der Waals surface area contributed by atoms with Crippen molar-refractivity contribution < 1.29 is 0 Å². The minimum absolute atomic E-state index is 0.537.